The second kappa shape index (κ2) is 7.22. The van der Waals surface area contributed by atoms with E-state index in [1.165, 1.54) is 0 Å². The largest absolute Gasteiger partial charge is 0.387 e. The summed E-state index contributed by atoms with van der Waals surface area (Å²) in [4.78, 5) is 16.5. The van der Waals surface area contributed by atoms with Gasteiger partial charge in [-0.2, -0.15) is 0 Å². The third kappa shape index (κ3) is 3.66. The number of rotatable bonds is 4. The zero-order valence-electron chi connectivity index (χ0n) is 12.9. The van der Waals surface area contributed by atoms with Gasteiger partial charge in [0.1, 0.15) is 0 Å². The Balaban J connectivity index is 1.46. The fourth-order valence-electron chi connectivity index (χ4n) is 3.16. The molecule has 22 heavy (non-hydrogen) atoms. The number of aliphatic hydroxyl groups is 1. The van der Waals surface area contributed by atoms with Crippen molar-refractivity contribution in [1.82, 2.24) is 9.80 Å². The number of ether oxygens (including phenoxy) is 1. The lowest BCUT2D eigenvalue weighted by Crippen LogP contribution is -2.51. The second-order valence-corrected chi connectivity index (χ2v) is 6.11. The van der Waals surface area contributed by atoms with Crippen molar-refractivity contribution < 1.29 is 14.6 Å². The van der Waals surface area contributed by atoms with Gasteiger partial charge in [-0.05, 0) is 12.0 Å². The Morgan fingerprint density at radius 1 is 1.23 bits per heavy atom. The van der Waals surface area contributed by atoms with Gasteiger partial charge < -0.3 is 14.7 Å². The molecule has 0 spiro atoms. The van der Waals surface area contributed by atoms with Crippen LogP contribution in [0, 0.1) is 5.92 Å². The Hall–Kier alpha value is -1.43. The van der Waals surface area contributed by atoms with Crippen LogP contribution in [0.3, 0.4) is 0 Å². The molecule has 0 aliphatic carbocycles. The highest BCUT2D eigenvalue weighted by atomic mass is 16.5. The first-order chi connectivity index (χ1) is 10.7. The number of hydrogen-bond acceptors (Lipinski definition) is 4. The summed E-state index contributed by atoms with van der Waals surface area (Å²) >= 11 is 0. The van der Waals surface area contributed by atoms with Crippen LogP contribution in [0.4, 0.5) is 0 Å². The van der Waals surface area contributed by atoms with Crippen LogP contribution in [0.15, 0.2) is 30.3 Å². The van der Waals surface area contributed by atoms with E-state index in [-0.39, 0.29) is 11.8 Å². The van der Waals surface area contributed by atoms with Crippen molar-refractivity contribution >= 4 is 5.91 Å². The summed E-state index contributed by atoms with van der Waals surface area (Å²) in [7, 11) is 0. The summed E-state index contributed by atoms with van der Waals surface area (Å²) in [5.74, 6) is 0.294. The molecule has 1 aromatic rings. The van der Waals surface area contributed by atoms with Gasteiger partial charge in [0.2, 0.25) is 5.91 Å². The number of piperazine rings is 1. The number of hydrogen-bond donors (Lipinski definition) is 1. The van der Waals surface area contributed by atoms with Gasteiger partial charge in [0.25, 0.3) is 0 Å². The maximum atomic E-state index is 12.3. The first-order valence-corrected chi connectivity index (χ1v) is 8.06. The summed E-state index contributed by atoms with van der Waals surface area (Å²) in [5, 5.41) is 10.3. The first kappa shape index (κ1) is 15.5. The van der Waals surface area contributed by atoms with Gasteiger partial charge in [-0.1, -0.05) is 30.3 Å². The third-order valence-corrected chi connectivity index (χ3v) is 4.58. The maximum absolute atomic E-state index is 12.3. The van der Waals surface area contributed by atoms with Crippen molar-refractivity contribution in [3.8, 4) is 0 Å². The normalized spacial score (nSPS) is 24.4. The van der Waals surface area contributed by atoms with E-state index in [0.717, 1.165) is 38.2 Å². The number of amides is 1. The van der Waals surface area contributed by atoms with E-state index in [2.05, 4.69) is 4.90 Å². The van der Waals surface area contributed by atoms with Crippen LogP contribution >= 0.6 is 0 Å². The van der Waals surface area contributed by atoms with Crippen LogP contribution in [0.1, 0.15) is 18.1 Å². The zero-order valence-corrected chi connectivity index (χ0v) is 12.9. The number of carbonyl (C=O) groups excluding carboxylic acids is 1. The molecule has 2 aliphatic rings. The number of aliphatic hydroxyl groups excluding tert-OH is 1. The summed E-state index contributed by atoms with van der Waals surface area (Å²) in [6, 6.07) is 9.74. The molecular weight excluding hydrogens is 280 g/mol. The monoisotopic (exact) mass is 304 g/mol. The molecule has 5 heteroatoms. The molecule has 5 nitrogen and oxygen atoms in total. The Bertz CT molecular complexity index is 480. The predicted molar refractivity (Wildman–Crippen MR) is 83.3 cm³/mol. The van der Waals surface area contributed by atoms with Crippen LogP contribution in [0.25, 0.3) is 0 Å². The topological polar surface area (TPSA) is 53.0 Å². The van der Waals surface area contributed by atoms with E-state index in [4.69, 9.17) is 4.74 Å². The minimum atomic E-state index is -0.466. The Morgan fingerprint density at radius 2 is 1.95 bits per heavy atom. The Morgan fingerprint density at radius 3 is 2.59 bits per heavy atom. The van der Waals surface area contributed by atoms with Gasteiger partial charge >= 0.3 is 0 Å². The van der Waals surface area contributed by atoms with Crippen LogP contribution in [-0.4, -0.2) is 66.8 Å². The van der Waals surface area contributed by atoms with E-state index in [1.54, 1.807) is 0 Å². The van der Waals surface area contributed by atoms with Gasteiger partial charge in [0.15, 0.2) is 0 Å². The standard InChI is InChI=1S/C17H24N2O3/c20-16(14-4-2-1-3-5-14)12-18-7-9-19(10-8-18)17(21)15-6-11-22-13-15/h1-5,15-16,20H,6-13H2/t15-,16-/m0/s1. The molecule has 1 N–H and O–H groups in total. The first-order valence-electron chi connectivity index (χ1n) is 8.06. The highest BCUT2D eigenvalue weighted by molar-refractivity contribution is 5.79. The summed E-state index contributed by atoms with van der Waals surface area (Å²) in [6.07, 6.45) is 0.387. The molecule has 0 saturated carbocycles. The van der Waals surface area contributed by atoms with Gasteiger partial charge in [-0.3, -0.25) is 9.69 Å². The van der Waals surface area contributed by atoms with E-state index >= 15 is 0 Å². The smallest absolute Gasteiger partial charge is 0.228 e. The van der Waals surface area contributed by atoms with Gasteiger partial charge in [-0.15, -0.1) is 0 Å². The third-order valence-electron chi connectivity index (χ3n) is 4.58. The molecule has 2 aliphatic heterocycles. The lowest BCUT2D eigenvalue weighted by Gasteiger charge is -2.36. The van der Waals surface area contributed by atoms with Gasteiger partial charge in [0.05, 0.1) is 18.6 Å². The highest BCUT2D eigenvalue weighted by Gasteiger charge is 2.30. The molecule has 2 saturated heterocycles. The van der Waals surface area contributed by atoms with E-state index in [9.17, 15) is 9.90 Å². The van der Waals surface area contributed by atoms with Gasteiger partial charge in [-0.25, -0.2) is 0 Å². The van der Waals surface area contributed by atoms with Crippen LogP contribution in [-0.2, 0) is 9.53 Å². The quantitative estimate of drug-likeness (QED) is 0.898. The van der Waals surface area contributed by atoms with Crippen molar-refractivity contribution in [3.63, 3.8) is 0 Å². The molecular formula is C17H24N2O3. The summed E-state index contributed by atoms with van der Waals surface area (Å²) in [6.45, 7) is 5.05. The molecule has 2 heterocycles. The van der Waals surface area contributed by atoms with Crippen LogP contribution in [0.2, 0.25) is 0 Å². The minimum absolute atomic E-state index is 0.0569. The molecule has 3 rings (SSSR count). The van der Waals surface area contributed by atoms with E-state index < -0.39 is 6.10 Å². The molecule has 0 unspecified atom stereocenters. The van der Waals surface area contributed by atoms with Crippen molar-refractivity contribution in [2.24, 2.45) is 5.92 Å². The second-order valence-electron chi connectivity index (χ2n) is 6.11. The summed E-state index contributed by atoms with van der Waals surface area (Å²) < 4.78 is 5.30. The van der Waals surface area contributed by atoms with E-state index in [1.807, 2.05) is 35.2 Å². The molecule has 2 fully saturated rings. The Kier molecular flexibility index (Phi) is 5.08. The number of benzene rings is 1. The molecule has 120 valence electrons. The minimum Gasteiger partial charge on any atom is -0.387 e. The average molecular weight is 304 g/mol. The summed E-state index contributed by atoms with van der Waals surface area (Å²) in [5.41, 5.74) is 0.948. The maximum Gasteiger partial charge on any atom is 0.228 e. The van der Waals surface area contributed by atoms with Crippen molar-refractivity contribution in [3.05, 3.63) is 35.9 Å². The van der Waals surface area contributed by atoms with Crippen molar-refractivity contribution in [2.45, 2.75) is 12.5 Å². The van der Waals surface area contributed by atoms with Crippen LogP contribution < -0.4 is 0 Å². The number of nitrogens with zero attached hydrogens (tertiary/aromatic N) is 2. The van der Waals surface area contributed by atoms with Crippen molar-refractivity contribution in [1.29, 1.82) is 0 Å². The highest BCUT2D eigenvalue weighted by Crippen LogP contribution is 2.18. The molecule has 1 aromatic carbocycles. The number of carbonyl (C=O) groups is 1. The number of β-amino-alcohol motifs (C(OH)–C–C–N with tert-alkyl or cyclic N) is 1. The van der Waals surface area contributed by atoms with Crippen molar-refractivity contribution in [2.75, 3.05) is 45.9 Å². The lowest BCUT2D eigenvalue weighted by atomic mass is 10.1. The molecule has 1 amide bonds. The lowest BCUT2D eigenvalue weighted by molar-refractivity contribution is -0.137. The molecule has 0 bridgehead atoms. The fraction of sp³-hybridized carbons (Fsp3) is 0.588. The fourth-order valence-corrected chi connectivity index (χ4v) is 3.16. The Labute approximate surface area is 131 Å². The SMILES string of the molecule is O=C([C@H]1CCOC1)N1CCN(C[C@H](O)c2ccccc2)CC1. The van der Waals surface area contributed by atoms with E-state index in [0.29, 0.717) is 19.8 Å². The zero-order chi connectivity index (χ0) is 15.4. The molecule has 2 atom stereocenters. The average Bonchev–Trinajstić information content (AvgIpc) is 3.10. The van der Waals surface area contributed by atoms with Gasteiger partial charge in [0, 0.05) is 39.3 Å². The molecule has 0 radical (unpaired) electrons. The molecule has 0 aromatic heterocycles. The van der Waals surface area contributed by atoms with Crippen LogP contribution in [0.5, 0.6) is 0 Å². The predicted octanol–water partition coefficient (Wildman–Crippen LogP) is 0.901.